The van der Waals surface area contributed by atoms with Gasteiger partial charge >= 0.3 is 0 Å². The van der Waals surface area contributed by atoms with Crippen LogP contribution >= 0.6 is 0 Å². The molecule has 0 fully saturated rings. The van der Waals surface area contributed by atoms with Crippen molar-refractivity contribution < 1.29 is 15.3 Å². The van der Waals surface area contributed by atoms with Crippen LogP contribution in [0, 0.1) is 6.92 Å². The molecule has 1 aromatic heterocycles. The average Bonchev–Trinajstić information content (AvgIpc) is 2.28. The van der Waals surface area contributed by atoms with Crippen LogP contribution in [0.25, 0.3) is 10.4 Å². The number of aryl methyl sites for hydroxylation is 1. The fraction of sp³-hybridized carbons (Fsp3) is 0.444. The van der Waals surface area contributed by atoms with E-state index in [1.54, 1.807) is 13.0 Å². The molecule has 0 bridgehead atoms. The van der Waals surface area contributed by atoms with Crippen LogP contribution in [-0.2, 0) is 0 Å². The Bertz CT molecular complexity index is 417. The van der Waals surface area contributed by atoms with E-state index in [4.69, 9.17) is 5.53 Å². The van der Waals surface area contributed by atoms with Crippen LogP contribution in [0.1, 0.15) is 17.5 Å². The number of aliphatic hydroxyl groups excluding tert-OH is 2. The Hall–Kier alpha value is -1.82. The minimum atomic E-state index is -1.38. The van der Waals surface area contributed by atoms with Crippen molar-refractivity contribution in [3.8, 4) is 5.75 Å². The molecule has 0 radical (unpaired) electrons. The molecule has 0 saturated carbocycles. The highest BCUT2D eigenvalue weighted by Gasteiger charge is 2.22. The lowest BCUT2D eigenvalue weighted by atomic mass is 10.1. The third-order valence-electron chi connectivity index (χ3n) is 2.02. The maximum Gasteiger partial charge on any atom is 0.139 e. The Labute approximate surface area is 91.6 Å². The van der Waals surface area contributed by atoms with E-state index in [0.717, 1.165) is 0 Å². The fourth-order valence-electron chi connectivity index (χ4n) is 1.19. The zero-order valence-electron chi connectivity index (χ0n) is 8.65. The number of hydrogen-bond donors (Lipinski definition) is 3. The number of rotatable bonds is 4. The largest absolute Gasteiger partial charge is 0.506 e. The molecule has 3 N–H and O–H groups in total. The van der Waals surface area contributed by atoms with Gasteiger partial charge in [0.15, 0.2) is 0 Å². The Morgan fingerprint density at radius 2 is 2.19 bits per heavy atom. The van der Waals surface area contributed by atoms with Gasteiger partial charge in [0.1, 0.15) is 17.5 Å². The van der Waals surface area contributed by atoms with E-state index >= 15 is 0 Å². The Morgan fingerprint density at radius 1 is 1.50 bits per heavy atom. The third-order valence-corrected chi connectivity index (χ3v) is 2.02. The van der Waals surface area contributed by atoms with Crippen LogP contribution in [0.3, 0.4) is 0 Å². The molecule has 16 heavy (non-hydrogen) atoms. The number of hydrogen-bond acceptors (Lipinski definition) is 5. The minimum absolute atomic E-state index is 0.0272. The summed E-state index contributed by atoms with van der Waals surface area (Å²) in [7, 11) is 0. The number of pyridine rings is 1. The number of azide groups is 1. The number of nitrogens with zero attached hydrogens (tertiary/aromatic N) is 4. The molecule has 1 heterocycles. The van der Waals surface area contributed by atoms with Gasteiger partial charge in [-0.3, -0.25) is 4.98 Å². The van der Waals surface area contributed by atoms with Gasteiger partial charge in [-0.15, -0.1) is 0 Å². The lowest BCUT2D eigenvalue weighted by molar-refractivity contribution is 0.0202. The molecular weight excluding hydrogens is 212 g/mol. The summed E-state index contributed by atoms with van der Waals surface area (Å²) < 4.78 is 0. The third kappa shape index (κ3) is 2.83. The monoisotopic (exact) mass is 224 g/mol. The molecule has 7 heteroatoms. The van der Waals surface area contributed by atoms with Gasteiger partial charge in [-0.1, -0.05) is 5.11 Å². The van der Waals surface area contributed by atoms with E-state index in [1.807, 2.05) is 0 Å². The first kappa shape index (κ1) is 12.3. The second kappa shape index (κ2) is 5.32. The molecule has 0 aliphatic heterocycles. The molecule has 0 aliphatic rings. The summed E-state index contributed by atoms with van der Waals surface area (Å²) in [4.78, 5) is 6.37. The van der Waals surface area contributed by atoms with E-state index in [9.17, 15) is 15.3 Å². The van der Waals surface area contributed by atoms with E-state index < -0.39 is 12.2 Å². The first-order valence-corrected chi connectivity index (χ1v) is 4.59. The molecule has 0 saturated heterocycles. The van der Waals surface area contributed by atoms with Gasteiger partial charge in [0.2, 0.25) is 0 Å². The van der Waals surface area contributed by atoms with E-state index in [2.05, 4.69) is 15.0 Å². The second-order valence-corrected chi connectivity index (χ2v) is 3.28. The summed E-state index contributed by atoms with van der Waals surface area (Å²) in [6, 6.07) is 2.95. The average molecular weight is 224 g/mol. The molecule has 7 nitrogen and oxygen atoms in total. The molecule has 0 aromatic carbocycles. The Balaban J connectivity index is 2.90. The molecule has 0 amide bonds. The summed E-state index contributed by atoms with van der Waals surface area (Å²) in [5, 5.41) is 31.7. The molecular formula is C9H12N4O3. The Kier molecular flexibility index (Phi) is 4.07. The maximum absolute atomic E-state index is 9.67. The van der Waals surface area contributed by atoms with Crippen molar-refractivity contribution in [2.24, 2.45) is 5.11 Å². The quantitative estimate of drug-likeness (QED) is 0.397. The van der Waals surface area contributed by atoms with Crippen molar-refractivity contribution in [2.75, 3.05) is 6.54 Å². The summed E-state index contributed by atoms with van der Waals surface area (Å²) in [5.41, 5.74) is 8.64. The fourth-order valence-corrected chi connectivity index (χ4v) is 1.19. The van der Waals surface area contributed by atoms with Gasteiger partial charge < -0.3 is 15.3 Å². The van der Waals surface area contributed by atoms with Crippen LogP contribution in [0.5, 0.6) is 5.75 Å². The number of aromatic nitrogens is 1. The second-order valence-electron chi connectivity index (χ2n) is 3.28. The van der Waals surface area contributed by atoms with Crippen molar-refractivity contribution in [3.05, 3.63) is 34.0 Å². The zero-order chi connectivity index (χ0) is 12.1. The predicted molar refractivity (Wildman–Crippen MR) is 55.6 cm³/mol. The summed E-state index contributed by atoms with van der Waals surface area (Å²) in [5.74, 6) is -0.210. The van der Waals surface area contributed by atoms with Gasteiger partial charge in [-0.05, 0) is 24.6 Å². The smallest absolute Gasteiger partial charge is 0.139 e. The van der Waals surface area contributed by atoms with Gasteiger partial charge in [0.25, 0.3) is 0 Å². The molecule has 1 aromatic rings. The maximum atomic E-state index is 9.67. The molecule has 86 valence electrons. The zero-order valence-corrected chi connectivity index (χ0v) is 8.65. The lowest BCUT2D eigenvalue weighted by Crippen LogP contribution is -2.22. The van der Waals surface area contributed by atoms with Crippen LogP contribution < -0.4 is 0 Å². The minimum Gasteiger partial charge on any atom is -0.506 e. The summed E-state index contributed by atoms with van der Waals surface area (Å²) in [6.45, 7) is 1.40. The van der Waals surface area contributed by atoms with E-state index in [1.165, 1.54) is 6.07 Å². The predicted octanol–water partition coefficient (Wildman–Crippen LogP) is 0.800. The first-order chi connectivity index (χ1) is 7.56. The standard InChI is InChI=1S/C9H12N4O3/c1-5-2-3-6(14)8(12-5)9(16)7(15)4-11-13-10/h2-3,7,9,14-16H,4H2,1H3. The summed E-state index contributed by atoms with van der Waals surface area (Å²) in [6.07, 6.45) is -2.68. The highest BCUT2D eigenvalue weighted by atomic mass is 16.3. The van der Waals surface area contributed by atoms with Gasteiger partial charge in [-0.2, -0.15) is 0 Å². The van der Waals surface area contributed by atoms with Crippen LogP contribution in [0.4, 0.5) is 0 Å². The molecule has 1 rings (SSSR count). The summed E-state index contributed by atoms with van der Waals surface area (Å²) >= 11 is 0. The van der Waals surface area contributed by atoms with Crippen LogP contribution in [0.15, 0.2) is 17.2 Å². The number of aliphatic hydroxyl groups is 2. The van der Waals surface area contributed by atoms with E-state index in [0.29, 0.717) is 5.69 Å². The van der Waals surface area contributed by atoms with E-state index in [-0.39, 0.29) is 18.0 Å². The van der Waals surface area contributed by atoms with Crippen LogP contribution in [0.2, 0.25) is 0 Å². The topological polar surface area (TPSA) is 122 Å². The van der Waals surface area contributed by atoms with Crippen molar-refractivity contribution in [1.82, 2.24) is 4.98 Å². The Morgan fingerprint density at radius 3 is 2.81 bits per heavy atom. The highest BCUT2D eigenvalue weighted by Crippen LogP contribution is 2.24. The molecule has 0 spiro atoms. The van der Waals surface area contributed by atoms with Crippen molar-refractivity contribution in [3.63, 3.8) is 0 Å². The normalized spacial score (nSPS) is 13.9. The first-order valence-electron chi connectivity index (χ1n) is 4.59. The van der Waals surface area contributed by atoms with Crippen molar-refractivity contribution >= 4 is 0 Å². The van der Waals surface area contributed by atoms with Crippen molar-refractivity contribution in [2.45, 2.75) is 19.1 Å². The molecule has 2 unspecified atom stereocenters. The van der Waals surface area contributed by atoms with Gasteiger partial charge in [-0.25, -0.2) is 0 Å². The SMILES string of the molecule is Cc1ccc(O)c(C(O)C(O)CN=[N+]=[N-])n1. The van der Waals surface area contributed by atoms with Gasteiger partial charge in [0.05, 0.1) is 12.6 Å². The number of aromatic hydroxyl groups is 1. The molecule has 0 aliphatic carbocycles. The highest BCUT2D eigenvalue weighted by molar-refractivity contribution is 5.29. The van der Waals surface area contributed by atoms with Gasteiger partial charge in [0, 0.05) is 10.6 Å². The molecule has 2 atom stereocenters. The lowest BCUT2D eigenvalue weighted by Gasteiger charge is -2.16. The van der Waals surface area contributed by atoms with Crippen LogP contribution in [-0.4, -0.2) is 33.0 Å². The van der Waals surface area contributed by atoms with Crippen molar-refractivity contribution in [1.29, 1.82) is 0 Å².